The van der Waals surface area contributed by atoms with Crippen molar-refractivity contribution in [1.29, 1.82) is 0 Å². The molecule has 1 aliphatic heterocycles. The van der Waals surface area contributed by atoms with Crippen LogP contribution in [0.2, 0.25) is 5.02 Å². The Morgan fingerprint density at radius 2 is 2.29 bits per heavy atom. The third kappa shape index (κ3) is 4.08. The van der Waals surface area contributed by atoms with E-state index in [1.54, 1.807) is 36.1 Å². The van der Waals surface area contributed by atoms with E-state index in [1.165, 1.54) is 0 Å². The smallest absolute Gasteiger partial charge is 0.263 e. The summed E-state index contributed by atoms with van der Waals surface area (Å²) in [5.74, 6) is 0.486. The number of piperidine rings is 1. The van der Waals surface area contributed by atoms with Crippen molar-refractivity contribution >= 4 is 34.7 Å². The number of hydrogen-bond acceptors (Lipinski definition) is 3. The van der Waals surface area contributed by atoms with Gasteiger partial charge in [-0.05, 0) is 44.4 Å². The number of benzene rings is 1. The molecule has 114 valence electrons. The van der Waals surface area contributed by atoms with E-state index in [2.05, 4.69) is 0 Å². The van der Waals surface area contributed by atoms with Crippen molar-refractivity contribution in [1.82, 2.24) is 4.90 Å². The van der Waals surface area contributed by atoms with E-state index in [0.29, 0.717) is 22.3 Å². The summed E-state index contributed by atoms with van der Waals surface area (Å²) >= 11 is 11.0. The Labute approximate surface area is 135 Å². The molecule has 2 rings (SSSR count). The largest absolute Gasteiger partial charge is 0.481 e. The number of amides is 1. The van der Waals surface area contributed by atoms with Crippen molar-refractivity contribution in [2.45, 2.75) is 38.3 Å². The molecule has 2 N–H and O–H groups in total. The number of likely N-dealkylation sites (tertiary alicyclic amines) is 1. The molecule has 1 amide bonds. The highest BCUT2D eigenvalue weighted by atomic mass is 35.5. The van der Waals surface area contributed by atoms with Crippen LogP contribution in [0.1, 0.15) is 26.2 Å². The lowest BCUT2D eigenvalue weighted by Crippen LogP contribution is -2.53. The molecule has 1 heterocycles. The Balaban J connectivity index is 2.05. The molecule has 1 aromatic rings. The number of ether oxygens (including phenoxy) is 1. The first-order valence-corrected chi connectivity index (χ1v) is 7.79. The van der Waals surface area contributed by atoms with Crippen LogP contribution in [0.3, 0.4) is 0 Å². The van der Waals surface area contributed by atoms with Gasteiger partial charge in [-0.3, -0.25) is 4.79 Å². The first-order valence-electron chi connectivity index (χ1n) is 7.01. The van der Waals surface area contributed by atoms with Crippen LogP contribution in [-0.4, -0.2) is 34.5 Å². The second-order valence-corrected chi connectivity index (χ2v) is 6.07. The summed E-state index contributed by atoms with van der Waals surface area (Å²) in [6, 6.07) is 6.84. The van der Waals surface area contributed by atoms with E-state index in [9.17, 15) is 4.79 Å². The monoisotopic (exact) mass is 326 g/mol. The molecule has 6 heteroatoms. The van der Waals surface area contributed by atoms with Crippen LogP contribution >= 0.6 is 23.8 Å². The van der Waals surface area contributed by atoms with Crippen LogP contribution in [0, 0.1) is 0 Å². The zero-order chi connectivity index (χ0) is 15.4. The number of carbonyl (C=O) groups is 1. The predicted octanol–water partition coefficient (Wildman–Crippen LogP) is 2.77. The van der Waals surface area contributed by atoms with Crippen molar-refractivity contribution in [2.24, 2.45) is 5.73 Å². The van der Waals surface area contributed by atoms with E-state index in [0.717, 1.165) is 19.3 Å². The van der Waals surface area contributed by atoms with Gasteiger partial charge in [0.25, 0.3) is 5.91 Å². The Morgan fingerprint density at radius 1 is 1.52 bits per heavy atom. The van der Waals surface area contributed by atoms with E-state index in [4.69, 9.17) is 34.3 Å². The zero-order valence-electron chi connectivity index (χ0n) is 11.9. The molecule has 0 aliphatic carbocycles. The molecule has 4 nitrogen and oxygen atoms in total. The Hall–Kier alpha value is -1.33. The van der Waals surface area contributed by atoms with Gasteiger partial charge in [0.05, 0.1) is 11.0 Å². The molecule has 2 unspecified atom stereocenters. The van der Waals surface area contributed by atoms with Crippen molar-refractivity contribution < 1.29 is 9.53 Å². The molecule has 1 aromatic carbocycles. The Bertz CT molecular complexity index is 538. The fraction of sp³-hybridized carbons (Fsp3) is 0.467. The lowest BCUT2D eigenvalue weighted by molar-refractivity contribution is -0.140. The van der Waals surface area contributed by atoms with Gasteiger partial charge in [0.2, 0.25) is 0 Å². The van der Waals surface area contributed by atoms with Crippen LogP contribution in [0.5, 0.6) is 5.75 Å². The van der Waals surface area contributed by atoms with Gasteiger partial charge in [0.15, 0.2) is 6.10 Å². The van der Waals surface area contributed by atoms with Crippen molar-refractivity contribution in [2.75, 3.05) is 6.54 Å². The highest BCUT2D eigenvalue weighted by molar-refractivity contribution is 7.80. The van der Waals surface area contributed by atoms with Crippen molar-refractivity contribution in [3.63, 3.8) is 0 Å². The zero-order valence-corrected chi connectivity index (χ0v) is 13.5. The average molecular weight is 327 g/mol. The Kier molecular flexibility index (Phi) is 5.42. The van der Waals surface area contributed by atoms with Crippen LogP contribution in [-0.2, 0) is 4.79 Å². The van der Waals surface area contributed by atoms with Crippen molar-refractivity contribution in [3.05, 3.63) is 29.3 Å². The fourth-order valence-electron chi connectivity index (χ4n) is 2.52. The molecule has 1 fully saturated rings. The molecule has 0 aromatic heterocycles. The lowest BCUT2D eigenvalue weighted by atomic mass is 10.0. The highest BCUT2D eigenvalue weighted by Gasteiger charge is 2.32. The number of nitrogens with zero attached hydrogens (tertiary/aromatic N) is 1. The third-order valence-corrected chi connectivity index (χ3v) is 4.08. The number of rotatable bonds is 4. The first kappa shape index (κ1) is 16.0. The summed E-state index contributed by atoms with van der Waals surface area (Å²) in [6.45, 7) is 2.40. The molecule has 0 radical (unpaired) electrons. The minimum absolute atomic E-state index is 0.0903. The number of halogens is 1. The summed E-state index contributed by atoms with van der Waals surface area (Å²) in [5.41, 5.74) is 5.75. The number of carbonyl (C=O) groups excluding carboxylic acids is 1. The van der Waals surface area contributed by atoms with Gasteiger partial charge in [-0.15, -0.1) is 0 Å². The second kappa shape index (κ2) is 7.09. The topological polar surface area (TPSA) is 55.6 Å². The quantitative estimate of drug-likeness (QED) is 0.864. The maximum Gasteiger partial charge on any atom is 0.263 e. The predicted molar refractivity (Wildman–Crippen MR) is 87.7 cm³/mol. The van der Waals surface area contributed by atoms with E-state index in [1.807, 2.05) is 0 Å². The van der Waals surface area contributed by atoms with Gasteiger partial charge >= 0.3 is 0 Å². The number of hydrogen-bond donors (Lipinski definition) is 1. The van der Waals surface area contributed by atoms with Gasteiger partial charge in [0.1, 0.15) is 5.75 Å². The minimum atomic E-state index is -0.599. The molecular weight excluding hydrogens is 308 g/mol. The molecular formula is C15H19ClN2O2S. The van der Waals surface area contributed by atoms with Crippen LogP contribution in [0.15, 0.2) is 24.3 Å². The number of nitrogens with two attached hydrogens (primary N) is 1. The molecule has 0 saturated carbocycles. The van der Waals surface area contributed by atoms with Gasteiger partial charge < -0.3 is 15.4 Å². The van der Waals surface area contributed by atoms with Crippen LogP contribution < -0.4 is 10.5 Å². The molecule has 2 atom stereocenters. The average Bonchev–Trinajstić information content (AvgIpc) is 2.46. The lowest BCUT2D eigenvalue weighted by Gasteiger charge is -2.36. The normalized spacial score (nSPS) is 19.9. The van der Waals surface area contributed by atoms with Crippen LogP contribution in [0.25, 0.3) is 0 Å². The number of thiocarbonyl (C=S) groups is 1. The SMILES string of the molecule is CC(Oc1cccc(Cl)c1)C(=O)N1CCCCC1C(N)=S. The highest BCUT2D eigenvalue weighted by Crippen LogP contribution is 2.22. The molecule has 0 spiro atoms. The Morgan fingerprint density at radius 3 is 2.95 bits per heavy atom. The first-order chi connectivity index (χ1) is 9.99. The summed E-state index contributed by atoms with van der Waals surface area (Å²) in [5, 5.41) is 0.575. The van der Waals surface area contributed by atoms with E-state index in [-0.39, 0.29) is 11.9 Å². The third-order valence-electron chi connectivity index (χ3n) is 3.57. The van der Waals surface area contributed by atoms with E-state index >= 15 is 0 Å². The maximum atomic E-state index is 12.6. The standard InChI is InChI=1S/C15H19ClN2O2S/c1-10(20-12-6-4-5-11(16)9-12)15(19)18-8-3-2-7-13(18)14(17)21/h4-6,9-10,13H,2-3,7-8H2,1H3,(H2,17,21). The molecule has 21 heavy (non-hydrogen) atoms. The summed E-state index contributed by atoms with van der Waals surface area (Å²) < 4.78 is 5.68. The van der Waals surface area contributed by atoms with Gasteiger partial charge in [-0.1, -0.05) is 29.9 Å². The molecule has 1 saturated heterocycles. The second-order valence-electron chi connectivity index (χ2n) is 5.16. The molecule has 1 aliphatic rings. The minimum Gasteiger partial charge on any atom is -0.481 e. The maximum absolute atomic E-state index is 12.6. The van der Waals surface area contributed by atoms with Crippen molar-refractivity contribution in [3.8, 4) is 5.75 Å². The summed E-state index contributed by atoms with van der Waals surface area (Å²) in [7, 11) is 0. The van der Waals surface area contributed by atoms with Gasteiger partial charge in [0, 0.05) is 11.6 Å². The summed E-state index contributed by atoms with van der Waals surface area (Å²) in [6.07, 6.45) is 2.23. The fourth-order valence-corrected chi connectivity index (χ4v) is 2.94. The summed E-state index contributed by atoms with van der Waals surface area (Å²) in [4.78, 5) is 14.7. The molecule has 0 bridgehead atoms. The van der Waals surface area contributed by atoms with Gasteiger partial charge in [-0.2, -0.15) is 0 Å². The van der Waals surface area contributed by atoms with Crippen LogP contribution in [0.4, 0.5) is 0 Å². The van der Waals surface area contributed by atoms with Gasteiger partial charge in [-0.25, -0.2) is 0 Å². The van der Waals surface area contributed by atoms with E-state index < -0.39 is 6.10 Å².